The van der Waals surface area contributed by atoms with Crippen LogP contribution in [0, 0.1) is 0 Å². The standard InChI is InChI=1S/C27H27N3O5/c1-2-13-30(16-26(32)33)25(31)14-18-11-12-19(15-28-18)29-27(34)35-17-24-22-9-5-3-7-20(22)21-8-4-6-10-23(21)24/h3-12,15,24H,2,13-14,16-17H2,1H3,(H,29,34)(H,32,33). The van der Waals surface area contributed by atoms with Gasteiger partial charge in [-0.1, -0.05) is 55.5 Å². The second kappa shape index (κ2) is 10.8. The molecule has 2 amide bonds. The van der Waals surface area contributed by atoms with Crippen LogP contribution < -0.4 is 5.32 Å². The number of fused-ring (bicyclic) bond motifs is 3. The highest BCUT2D eigenvalue weighted by Gasteiger charge is 2.29. The zero-order valence-electron chi connectivity index (χ0n) is 19.4. The van der Waals surface area contributed by atoms with Crippen molar-refractivity contribution in [2.24, 2.45) is 0 Å². The summed E-state index contributed by atoms with van der Waals surface area (Å²) in [5.41, 5.74) is 5.52. The van der Waals surface area contributed by atoms with Gasteiger partial charge in [-0.25, -0.2) is 4.79 Å². The summed E-state index contributed by atoms with van der Waals surface area (Å²) in [6.45, 7) is 2.11. The molecule has 0 saturated carbocycles. The van der Waals surface area contributed by atoms with Gasteiger partial charge in [0.1, 0.15) is 13.2 Å². The summed E-state index contributed by atoms with van der Waals surface area (Å²) in [6, 6.07) is 19.5. The molecule has 1 aliphatic carbocycles. The number of carboxylic acid groups (broad SMARTS) is 1. The molecule has 1 aromatic heterocycles. The summed E-state index contributed by atoms with van der Waals surface area (Å²) >= 11 is 0. The van der Waals surface area contributed by atoms with Gasteiger partial charge in [-0.2, -0.15) is 0 Å². The molecule has 8 heteroatoms. The lowest BCUT2D eigenvalue weighted by atomic mass is 9.98. The van der Waals surface area contributed by atoms with Gasteiger partial charge in [-0.3, -0.25) is 19.9 Å². The minimum Gasteiger partial charge on any atom is -0.480 e. The molecule has 180 valence electrons. The van der Waals surface area contributed by atoms with Gasteiger partial charge in [-0.15, -0.1) is 0 Å². The Kier molecular flexibility index (Phi) is 7.40. The molecule has 0 unspecified atom stereocenters. The molecule has 0 radical (unpaired) electrons. The predicted octanol–water partition coefficient (Wildman–Crippen LogP) is 4.31. The van der Waals surface area contributed by atoms with E-state index in [1.165, 1.54) is 11.1 Å². The van der Waals surface area contributed by atoms with E-state index in [2.05, 4.69) is 34.6 Å². The SMILES string of the molecule is CCCN(CC(=O)O)C(=O)Cc1ccc(NC(=O)OCC2c3ccccc3-c3ccccc32)cn1. The lowest BCUT2D eigenvalue weighted by molar-refractivity contribution is -0.144. The monoisotopic (exact) mass is 473 g/mol. The number of aliphatic carboxylic acids is 1. The van der Waals surface area contributed by atoms with Gasteiger partial charge in [0.25, 0.3) is 0 Å². The molecule has 35 heavy (non-hydrogen) atoms. The van der Waals surface area contributed by atoms with E-state index in [-0.39, 0.29) is 31.4 Å². The quantitative estimate of drug-likeness (QED) is 0.479. The van der Waals surface area contributed by atoms with E-state index in [0.717, 1.165) is 22.3 Å². The highest BCUT2D eigenvalue weighted by atomic mass is 16.5. The minimum atomic E-state index is -1.05. The number of hydrogen-bond acceptors (Lipinski definition) is 5. The van der Waals surface area contributed by atoms with E-state index in [1.807, 2.05) is 31.2 Å². The summed E-state index contributed by atoms with van der Waals surface area (Å²) in [6.07, 6.45) is 1.51. The third-order valence-corrected chi connectivity index (χ3v) is 5.92. The molecule has 0 fully saturated rings. The number of anilines is 1. The number of carbonyl (C=O) groups excluding carboxylic acids is 2. The molecule has 1 heterocycles. The van der Waals surface area contributed by atoms with E-state index in [0.29, 0.717) is 24.3 Å². The number of carbonyl (C=O) groups is 3. The minimum absolute atomic E-state index is 0.0154. The number of pyridine rings is 1. The maximum absolute atomic E-state index is 12.4. The molecule has 2 aromatic carbocycles. The first-order valence-corrected chi connectivity index (χ1v) is 11.5. The number of nitrogens with one attached hydrogen (secondary N) is 1. The Morgan fingerprint density at radius 1 is 1.00 bits per heavy atom. The van der Waals surface area contributed by atoms with Gasteiger partial charge in [0.15, 0.2) is 0 Å². The Morgan fingerprint density at radius 3 is 2.23 bits per heavy atom. The fourth-order valence-corrected chi connectivity index (χ4v) is 4.35. The van der Waals surface area contributed by atoms with Crippen LogP contribution in [0.15, 0.2) is 66.9 Å². The number of benzene rings is 2. The van der Waals surface area contributed by atoms with E-state index in [4.69, 9.17) is 9.84 Å². The first kappa shape index (κ1) is 23.9. The highest BCUT2D eigenvalue weighted by molar-refractivity contribution is 5.85. The summed E-state index contributed by atoms with van der Waals surface area (Å²) in [5.74, 6) is -1.39. The van der Waals surface area contributed by atoms with Crippen molar-refractivity contribution in [1.29, 1.82) is 0 Å². The molecule has 0 spiro atoms. The van der Waals surface area contributed by atoms with Gasteiger partial charge in [-0.05, 0) is 40.8 Å². The molecule has 4 rings (SSSR count). The number of ether oxygens (including phenoxy) is 1. The maximum Gasteiger partial charge on any atom is 0.411 e. The molecule has 8 nitrogen and oxygen atoms in total. The number of hydrogen-bond donors (Lipinski definition) is 2. The number of amides is 2. The van der Waals surface area contributed by atoms with Crippen molar-refractivity contribution in [2.45, 2.75) is 25.7 Å². The summed E-state index contributed by atoms with van der Waals surface area (Å²) in [7, 11) is 0. The normalized spacial score (nSPS) is 11.9. The van der Waals surface area contributed by atoms with Crippen molar-refractivity contribution in [3.63, 3.8) is 0 Å². The zero-order chi connectivity index (χ0) is 24.8. The largest absolute Gasteiger partial charge is 0.480 e. The maximum atomic E-state index is 12.4. The molecule has 1 aliphatic rings. The van der Waals surface area contributed by atoms with Crippen molar-refractivity contribution in [2.75, 3.05) is 25.0 Å². The number of carboxylic acids is 1. The van der Waals surface area contributed by atoms with Crippen LogP contribution in [0.3, 0.4) is 0 Å². The van der Waals surface area contributed by atoms with Gasteiger partial charge in [0.2, 0.25) is 5.91 Å². The predicted molar refractivity (Wildman–Crippen MR) is 131 cm³/mol. The summed E-state index contributed by atoms with van der Waals surface area (Å²) in [5, 5.41) is 11.7. The fraction of sp³-hybridized carbons (Fsp3) is 0.259. The fourth-order valence-electron chi connectivity index (χ4n) is 4.35. The Balaban J connectivity index is 1.33. The molecule has 0 bridgehead atoms. The number of aromatic nitrogens is 1. The molecule has 3 aromatic rings. The zero-order valence-corrected chi connectivity index (χ0v) is 19.4. The molecule has 0 atom stereocenters. The van der Waals surface area contributed by atoms with Gasteiger partial charge in [0, 0.05) is 18.2 Å². The smallest absolute Gasteiger partial charge is 0.411 e. The third kappa shape index (κ3) is 5.66. The first-order valence-electron chi connectivity index (χ1n) is 11.5. The van der Waals surface area contributed by atoms with Crippen molar-refractivity contribution >= 4 is 23.7 Å². The van der Waals surface area contributed by atoms with Gasteiger partial charge < -0.3 is 14.7 Å². The van der Waals surface area contributed by atoms with E-state index >= 15 is 0 Å². The van der Waals surface area contributed by atoms with Crippen LogP contribution in [0.4, 0.5) is 10.5 Å². The summed E-state index contributed by atoms with van der Waals surface area (Å²) < 4.78 is 5.54. The van der Waals surface area contributed by atoms with E-state index < -0.39 is 12.1 Å². The molecule has 2 N–H and O–H groups in total. The van der Waals surface area contributed by atoms with Crippen LogP contribution in [-0.4, -0.2) is 52.7 Å². The van der Waals surface area contributed by atoms with E-state index in [9.17, 15) is 14.4 Å². The molecular formula is C27H27N3O5. The van der Waals surface area contributed by atoms with Crippen molar-refractivity contribution < 1.29 is 24.2 Å². The van der Waals surface area contributed by atoms with Gasteiger partial charge >= 0.3 is 12.1 Å². The average molecular weight is 474 g/mol. The highest BCUT2D eigenvalue weighted by Crippen LogP contribution is 2.44. The van der Waals surface area contributed by atoms with Crippen molar-refractivity contribution in [3.05, 3.63) is 83.7 Å². The van der Waals surface area contributed by atoms with Crippen LogP contribution in [0.1, 0.15) is 36.1 Å². The first-order chi connectivity index (χ1) is 17.0. The lowest BCUT2D eigenvalue weighted by Gasteiger charge is -2.19. The van der Waals surface area contributed by atoms with Crippen LogP contribution in [0.5, 0.6) is 0 Å². The Morgan fingerprint density at radius 2 is 1.66 bits per heavy atom. The molecule has 0 saturated heterocycles. The van der Waals surface area contributed by atoms with Crippen LogP contribution in [0.25, 0.3) is 11.1 Å². The van der Waals surface area contributed by atoms with Gasteiger partial charge in [0.05, 0.1) is 18.3 Å². The number of rotatable bonds is 9. The Bertz CT molecular complexity index is 1180. The van der Waals surface area contributed by atoms with Crippen LogP contribution in [-0.2, 0) is 20.7 Å². The topological polar surface area (TPSA) is 109 Å². The molecular weight excluding hydrogens is 446 g/mol. The second-order valence-corrected chi connectivity index (χ2v) is 8.37. The third-order valence-electron chi connectivity index (χ3n) is 5.92. The Labute approximate surface area is 203 Å². The Hall–Kier alpha value is -4.20. The van der Waals surface area contributed by atoms with Crippen molar-refractivity contribution in [1.82, 2.24) is 9.88 Å². The van der Waals surface area contributed by atoms with Crippen molar-refractivity contribution in [3.8, 4) is 11.1 Å². The summed E-state index contributed by atoms with van der Waals surface area (Å²) in [4.78, 5) is 41.4. The van der Waals surface area contributed by atoms with Crippen LogP contribution in [0.2, 0.25) is 0 Å². The molecule has 0 aliphatic heterocycles. The second-order valence-electron chi connectivity index (χ2n) is 8.37. The lowest BCUT2D eigenvalue weighted by Crippen LogP contribution is -2.37. The average Bonchev–Trinajstić information content (AvgIpc) is 3.17. The van der Waals surface area contributed by atoms with Crippen LogP contribution >= 0.6 is 0 Å². The number of nitrogens with zero attached hydrogens (tertiary/aromatic N) is 2. The van der Waals surface area contributed by atoms with E-state index in [1.54, 1.807) is 12.1 Å².